The molecular formula is C31H38Cl2F2N4O3. The number of benzene rings is 2. The maximum absolute atomic E-state index is 13.8. The number of piperidine rings is 1. The molecule has 0 unspecified atom stereocenters. The lowest BCUT2D eigenvalue weighted by Gasteiger charge is -2.35. The molecule has 3 aliphatic rings. The minimum atomic E-state index is -2.61. The summed E-state index contributed by atoms with van der Waals surface area (Å²) < 4.78 is 33.1. The van der Waals surface area contributed by atoms with Gasteiger partial charge in [-0.2, -0.15) is 0 Å². The van der Waals surface area contributed by atoms with Crippen molar-refractivity contribution >= 4 is 35.1 Å². The van der Waals surface area contributed by atoms with Gasteiger partial charge in [0.1, 0.15) is 18.4 Å². The second-order valence-corrected chi connectivity index (χ2v) is 12.3. The van der Waals surface area contributed by atoms with E-state index in [1.54, 1.807) is 28.0 Å². The Balaban J connectivity index is 1.20. The fraction of sp³-hybridized carbons (Fsp3) is 0.548. The summed E-state index contributed by atoms with van der Waals surface area (Å²) in [5, 5.41) is 3.96. The van der Waals surface area contributed by atoms with Crippen molar-refractivity contribution in [3.8, 4) is 5.75 Å². The number of urea groups is 1. The van der Waals surface area contributed by atoms with Crippen LogP contribution in [0.5, 0.6) is 5.75 Å². The van der Waals surface area contributed by atoms with Crippen LogP contribution in [-0.2, 0) is 11.2 Å². The van der Waals surface area contributed by atoms with Gasteiger partial charge in [0.25, 0.3) is 5.92 Å². The van der Waals surface area contributed by atoms with Crippen LogP contribution in [-0.4, -0.2) is 91.0 Å². The molecule has 3 amide bonds. The van der Waals surface area contributed by atoms with Crippen LogP contribution in [0.15, 0.2) is 42.5 Å². The molecule has 0 radical (unpaired) electrons. The van der Waals surface area contributed by atoms with E-state index in [0.29, 0.717) is 55.9 Å². The van der Waals surface area contributed by atoms with Gasteiger partial charge in [0.2, 0.25) is 5.91 Å². The van der Waals surface area contributed by atoms with Gasteiger partial charge in [0.05, 0.1) is 6.54 Å². The highest BCUT2D eigenvalue weighted by molar-refractivity contribution is 6.35. The summed E-state index contributed by atoms with van der Waals surface area (Å²) in [6.07, 6.45) is 3.59. The molecule has 228 valence electrons. The monoisotopic (exact) mass is 622 g/mol. The number of hydrogen-bond acceptors (Lipinski definition) is 4. The van der Waals surface area contributed by atoms with Crippen molar-refractivity contribution in [1.29, 1.82) is 0 Å². The Hall–Kier alpha value is -2.62. The summed E-state index contributed by atoms with van der Waals surface area (Å²) >= 11 is 12.5. The van der Waals surface area contributed by atoms with Crippen molar-refractivity contribution in [2.75, 3.05) is 52.4 Å². The van der Waals surface area contributed by atoms with E-state index in [2.05, 4.69) is 5.32 Å². The second kappa shape index (κ2) is 13.8. The Bertz CT molecular complexity index is 1250. The van der Waals surface area contributed by atoms with Gasteiger partial charge < -0.3 is 19.9 Å². The number of nitrogens with zero attached hydrogens (tertiary/aromatic N) is 3. The van der Waals surface area contributed by atoms with Gasteiger partial charge in [-0.15, -0.1) is 0 Å². The molecule has 1 N–H and O–H groups in total. The summed E-state index contributed by atoms with van der Waals surface area (Å²) in [5.41, 5.74) is 1.82. The molecule has 3 saturated heterocycles. The van der Waals surface area contributed by atoms with E-state index >= 15 is 0 Å². The number of nitrogens with one attached hydrogen (secondary N) is 1. The lowest BCUT2D eigenvalue weighted by atomic mass is 9.88. The van der Waals surface area contributed by atoms with Gasteiger partial charge in [-0.3, -0.25) is 9.69 Å². The summed E-state index contributed by atoms with van der Waals surface area (Å²) in [5.74, 6) is -1.77. The molecule has 3 heterocycles. The average molecular weight is 624 g/mol. The number of para-hydroxylation sites is 1. The molecule has 7 nitrogen and oxygen atoms in total. The second-order valence-electron chi connectivity index (χ2n) is 11.5. The fourth-order valence-corrected chi connectivity index (χ4v) is 6.62. The molecule has 0 saturated carbocycles. The third-order valence-electron chi connectivity index (χ3n) is 8.51. The first-order chi connectivity index (χ1) is 20.2. The molecule has 2 aromatic rings. The Morgan fingerprint density at radius 3 is 2.43 bits per heavy atom. The van der Waals surface area contributed by atoms with E-state index in [4.69, 9.17) is 27.9 Å². The Labute approximate surface area is 256 Å². The largest absolute Gasteiger partial charge is 0.492 e. The van der Waals surface area contributed by atoms with Gasteiger partial charge in [-0.25, -0.2) is 13.6 Å². The summed E-state index contributed by atoms with van der Waals surface area (Å²) in [6, 6.07) is 12.1. The van der Waals surface area contributed by atoms with Gasteiger partial charge in [-0.1, -0.05) is 47.5 Å². The van der Waals surface area contributed by atoms with Gasteiger partial charge in [-0.05, 0) is 60.9 Å². The van der Waals surface area contributed by atoms with E-state index in [1.807, 2.05) is 29.2 Å². The Morgan fingerprint density at radius 2 is 1.74 bits per heavy atom. The number of likely N-dealkylation sites (tertiary alicyclic amines) is 3. The number of ether oxygens (including phenoxy) is 1. The van der Waals surface area contributed by atoms with Crippen molar-refractivity contribution < 1.29 is 23.1 Å². The van der Waals surface area contributed by atoms with Crippen molar-refractivity contribution in [2.24, 2.45) is 0 Å². The zero-order chi connectivity index (χ0) is 29.7. The van der Waals surface area contributed by atoms with E-state index in [-0.39, 0.29) is 37.2 Å². The topological polar surface area (TPSA) is 65.1 Å². The number of alkyl halides is 2. The normalized spacial score (nSPS) is 20.1. The smallest absolute Gasteiger partial charge is 0.318 e. The third kappa shape index (κ3) is 7.85. The predicted octanol–water partition coefficient (Wildman–Crippen LogP) is 5.84. The zero-order valence-corrected chi connectivity index (χ0v) is 25.2. The molecule has 0 bridgehead atoms. The highest BCUT2D eigenvalue weighted by atomic mass is 35.5. The standard InChI is InChI=1S/C31H38Cl2F2N4O3/c32-24-8-7-23(26(33)20-24)19-27(36-30(41)39-12-3-4-13-39)29(40)38-14-9-22(10-15-38)25-5-1-2-6-28(25)42-18-17-37-16-11-31(34,35)21-37/h1-2,5-8,20,22,27H,3-4,9-19,21H2,(H,36,41)/t27-/m1/s1. The van der Waals surface area contributed by atoms with Crippen LogP contribution in [0, 0.1) is 0 Å². The molecule has 2 aromatic carbocycles. The Morgan fingerprint density at radius 1 is 1.00 bits per heavy atom. The molecular weight excluding hydrogens is 585 g/mol. The predicted molar refractivity (Wildman–Crippen MR) is 160 cm³/mol. The lowest BCUT2D eigenvalue weighted by Crippen LogP contribution is -2.54. The van der Waals surface area contributed by atoms with Crippen LogP contribution in [0.25, 0.3) is 0 Å². The maximum Gasteiger partial charge on any atom is 0.318 e. The van der Waals surface area contributed by atoms with Gasteiger partial charge in [0.15, 0.2) is 0 Å². The molecule has 11 heteroatoms. The highest BCUT2D eigenvalue weighted by Gasteiger charge is 2.38. The molecule has 5 rings (SSSR count). The zero-order valence-electron chi connectivity index (χ0n) is 23.7. The Kier molecular flexibility index (Phi) is 10.1. The molecule has 0 aromatic heterocycles. The minimum absolute atomic E-state index is 0.101. The number of amides is 3. The molecule has 42 heavy (non-hydrogen) atoms. The van der Waals surface area contributed by atoms with Crippen LogP contribution in [0.3, 0.4) is 0 Å². The van der Waals surface area contributed by atoms with Gasteiger partial charge >= 0.3 is 6.03 Å². The van der Waals surface area contributed by atoms with Crippen molar-refractivity contribution in [3.63, 3.8) is 0 Å². The summed E-state index contributed by atoms with van der Waals surface area (Å²) in [7, 11) is 0. The minimum Gasteiger partial charge on any atom is -0.492 e. The number of carbonyl (C=O) groups is 2. The van der Waals surface area contributed by atoms with Crippen molar-refractivity contribution in [2.45, 2.75) is 56.4 Å². The quantitative estimate of drug-likeness (QED) is 0.382. The van der Waals surface area contributed by atoms with E-state index < -0.39 is 12.0 Å². The number of halogens is 4. The van der Waals surface area contributed by atoms with Crippen LogP contribution in [0.1, 0.15) is 49.1 Å². The summed E-state index contributed by atoms with van der Waals surface area (Å²) in [6.45, 7) is 3.44. The first-order valence-electron chi connectivity index (χ1n) is 14.8. The number of hydrogen-bond donors (Lipinski definition) is 1. The third-order valence-corrected chi connectivity index (χ3v) is 9.09. The maximum atomic E-state index is 13.8. The SMILES string of the molecule is O=C(N[C@H](Cc1ccc(Cl)cc1Cl)C(=O)N1CCC(c2ccccc2OCCN2CCC(F)(F)C2)CC1)N1CCCC1. The van der Waals surface area contributed by atoms with Crippen molar-refractivity contribution in [1.82, 2.24) is 20.0 Å². The summed E-state index contributed by atoms with van der Waals surface area (Å²) in [4.78, 5) is 32.1. The first-order valence-corrected chi connectivity index (χ1v) is 15.5. The van der Waals surface area contributed by atoms with E-state index in [9.17, 15) is 18.4 Å². The van der Waals surface area contributed by atoms with Gasteiger partial charge in [0, 0.05) is 62.2 Å². The molecule has 3 aliphatic heterocycles. The van der Waals surface area contributed by atoms with E-state index in [0.717, 1.165) is 42.6 Å². The highest BCUT2D eigenvalue weighted by Crippen LogP contribution is 2.35. The van der Waals surface area contributed by atoms with Crippen LogP contribution in [0.4, 0.5) is 13.6 Å². The van der Waals surface area contributed by atoms with Crippen LogP contribution >= 0.6 is 23.2 Å². The molecule has 1 atom stereocenters. The lowest BCUT2D eigenvalue weighted by molar-refractivity contribution is -0.134. The number of carbonyl (C=O) groups excluding carboxylic acids is 2. The molecule has 0 aliphatic carbocycles. The first kappa shape index (κ1) is 30.8. The fourth-order valence-electron chi connectivity index (χ4n) is 6.13. The molecule has 0 spiro atoms. The van der Waals surface area contributed by atoms with Crippen molar-refractivity contribution in [3.05, 3.63) is 63.6 Å². The molecule has 3 fully saturated rings. The average Bonchev–Trinajstić information content (AvgIpc) is 3.64. The van der Waals surface area contributed by atoms with E-state index in [1.165, 1.54) is 0 Å². The van der Waals surface area contributed by atoms with Crippen LogP contribution in [0.2, 0.25) is 10.0 Å². The van der Waals surface area contributed by atoms with Crippen LogP contribution < -0.4 is 10.1 Å². The number of rotatable bonds is 9.